The molecule has 0 unspecified atom stereocenters. The van der Waals surface area contributed by atoms with Crippen molar-refractivity contribution in [2.75, 3.05) is 57.8 Å². The number of aromatic nitrogens is 1. The third-order valence-corrected chi connectivity index (χ3v) is 6.43. The molecule has 2 N–H and O–H groups in total. The average Bonchev–Trinajstić information content (AvgIpc) is 3.17. The zero-order valence-electron chi connectivity index (χ0n) is 19.1. The van der Waals surface area contributed by atoms with E-state index >= 15 is 0 Å². The van der Waals surface area contributed by atoms with Gasteiger partial charge in [-0.25, -0.2) is 4.98 Å². The van der Waals surface area contributed by atoms with Gasteiger partial charge < -0.3 is 15.5 Å². The Hall–Kier alpha value is -1.39. The van der Waals surface area contributed by atoms with E-state index in [1.807, 2.05) is 13.2 Å². The van der Waals surface area contributed by atoms with Crippen LogP contribution in [0.5, 0.6) is 0 Å². The highest BCUT2D eigenvalue weighted by Crippen LogP contribution is 2.18. The first-order valence-electron chi connectivity index (χ1n) is 11.0. The highest BCUT2D eigenvalue weighted by atomic mass is 127. The molecule has 0 spiro atoms. The Kier molecular flexibility index (Phi) is 11.6. The lowest BCUT2D eigenvalue weighted by atomic mass is 10.2. The van der Waals surface area contributed by atoms with Gasteiger partial charge in [0.25, 0.3) is 0 Å². The molecule has 172 valence electrons. The summed E-state index contributed by atoms with van der Waals surface area (Å²) < 4.78 is 0. The van der Waals surface area contributed by atoms with Crippen LogP contribution in [0.1, 0.15) is 28.3 Å². The second-order valence-corrected chi connectivity index (χ2v) is 9.23. The molecule has 31 heavy (non-hydrogen) atoms. The maximum absolute atomic E-state index is 4.41. The maximum Gasteiger partial charge on any atom is 0.190 e. The van der Waals surface area contributed by atoms with E-state index in [1.54, 1.807) is 11.3 Å². The number of thiazole rings is 1. The summed E-state index contributed by atoms with van der Waals surface area (Å²) in [6.45, 7) is 11.8. The van der Waals surface area contributed by atoms with Crippen LogP contribution in [0.25, 0.3) is 0 Å². The van der Waals surface area contributed by atoms with E-state index in [-0.39, 0.29) is 24.0 Å². The van der Waals surface area contributed by atoms with Gasteiger partial charge in [0.05, 0.1) is 5.01 Å². The second kappa shape index (κ2) is 13.9. The van der Waals surface area contributed by atoms with Gasteiger partial charge in [0.2, 0.25) is 0 Å². The van der Waals surface area contributed by atoms with Gasteiger partial charge >= 0.3 is 0 Å². The average molecular weight is 557 g/mol. The fraction of sp³-hybridized carbons (Fsp3) is 0.565. The molecule has 6 nitrogen and oxygen atoms in total. The first-order chi connectivity index (χ1) is 14.6. The summed E-state index contributed by atoms with van der Waals surface area (Å²) in [4.78, 5) is 15.1. The number of guanidine groups is 1. The minimum absolute atomic E-state index is 0. The number of nitrogens with zero attached hydrogens (tertiary/aromatic N) is 4. The number of piperazine rings is 1. The number of anilines is 1. The second-order valence-electron chi connectivity index (χ2n) is 7.92. The number of benzene rings is 1. The fourth-order valence-electron chi connectivity index (χ4n) is 3.75. The standard InChI is InChI=1S/C23H36N6S.HI/c1-19-7-6-8-21(17-19)29-15-13-28(14-16-29)12-5-4-10-25-23(24-3)26-11-9-22-27-18-20(2)30-22;/h6-8,17-18H,4-5,9-16H2,1-3H3,(H2,24,25,26);1H. The lowest BCUT2D eigenvalue weighted by Gasteiger charge is -2.36. The molecule has 8 heteroatoms. The van der Waals surface area contributed by atoms with E-state index in [0.717, 1.165) is 58.1 Å². The Labute approximate surface area is 208 Å². The van der Waals surface area contributed by atoms with E-state index in [2.05, 4.69) is 68.5 Å². The Bertz CT molecular complexity index is 801. The third kappa shape index (κ3) is 8.94. The molecule has 0 atom stereocenters. The summed E-state index contributed by atoms with van der Waals surface area (Å²) in [6.07, 6.45) is 5.25. The predicted molar refractivity (Wildman–Crippen MR) is 144 cm³/mol. The van der Waals surface area contributed by atoms with E-state index in [9.17, 15) is 0 Å². The maximum atomic E-state index is 4.41. The monoisotopic (exact) mass is 556 g/mol. The van der Waals surface area contributed by atoms with Crippen LogP contribution in [0.4, 0.5) is 5.69 Å². The van der Waals surface area contributed by atoms with Gasteiger partial charge in [-0.1, -0.05) is 12.1 Å². The van der Waals surface area contributed by atoms with E-state index < -0.39 is 0 Å². The summed E-state index contributed by atoms with van der Waals surface area (Å²) in [5.74, 6) is 0.884. The molecule has 0 bridgehead atoms. The van der Waals surface area contributed by atoms with E-state index in [4.69, 9.17) is 0 Å². The van der Waals surface area contributed by atoms with Gasteiger partial charge in [0, 0.05) is 69.5 Å². The van der Waals surface area contributed by atoms with Crippen LogP contribution in [0, 0.1) is 13.8 Å². The number of nitrogens with one attached hydrogen (secondary N) is 2. The number of unbranched alkanes of at least 4 members (excludes halogenated alkanes) is 1. The zero-order chi connectivity index (χ0) is 21.2. The van der Waals surface area contributed by atoms with Gasteiger partial charge in [-0.05, 0) is 50.9 Å². The summed E-state index contributed by atoms with van der Waals surface area (Å²) in [5, 5.41) is 7.99. The van der Waals surface area contributed by atoms with Gasteiger partial charge in [-0.15, -0.1) is 35.3 Å². The molecule has 2 heterocycles. The van der Waals surface area contributed by atoms with Crippen molar-refractivity contribution in [3.05, 3.63) is 45.9 Å². The molecule has 1 fully saturated rings. The smallest absolute Gasteiger partial charge is 0.190 e. The van der Waals surface area contributed by atoms with Crippen molar-refractivity contribution in [2.45, 2.75) is 33.1 Å². The minimum atomic E-state index is 0. The number of aryl methyl sites for hydroxylation is 2. The van der Waals surface area contributed by atoms with Crippen LogP contribution < -0.4 is 15.5 Å². The van der Waals surface area contributed by atoms with E-state index in [1.165, 1.54) is 34.1 Å². The lowest BCUT2D eigenvalue weighted by Crippen LogP contribution is -2.46. The number of hydrogen-bond acceptors (Lipinski definition) is 5. The third-order valence-electron chi connectivity index (χ3n) is 5.46. The number of aliphatic imine (C=N–C) groups is 1. The molecule has 1 saturated heterocycles. The summed E-state index contributed by atoms with van der Waals surface area (Å²) >= 11 is 1.77. The van der Waals surface area contributed by atoms with Crippen LogP contribution in [0.3, 0.4) is 0 Å². The summed E-state index contributed by atoms with van der Waals surface area (Å²) in [7, 11) is 1.83. The first kappa shape index (κ1) is 25.9. The molecule has 0 aliphatic carbocycles. The molecule has 0 amide bonds. The number of rotatable bonds is 9. The molecule has 1 aromatic carbocycles. The van der Waals surface area contributed by atoms with Gasteiger partial charge in [-0.3, -0.25) is 9.89 Å². The van der Waals surface area contributed by atoms with Crippen molar-refractivity contribution in [1.29, 1.82) is 0 Å². The predicted octanol–water partition coefficient (Wildman–Crippen LogP) is 3.69. The lowest BCUT2D eigenvalue weighted by molar-refractivity contribution is 0.253. The highest BCUT2D eigenvalue weighted by molar-refractivity contribution is 14.0. The van der Waals surface area contributed by atoms with Crippen molar-refractivity contribution in [3.63, 3.8) is 0 Å². The molecular formula is C23H37IN6S. The quantitative estimate of drug-likeness (QED) is 0.214. The largest absolute Gasteiger partial charge is 0.369 e. The molecule has 1 aromatic heterocycles. The van der Waals surface area contributed by atoms with Gasteiger partial charge in [0.1, 0.15) is 0 Å². The van der Waals surface area contributed by atoms with Crippen molar-refractivity contribution in [3.8, 4) is 0 Å². The summed E-state index contributed by atoms with van der Waals surface area (Å²) in [6, 6.07) is 8.85. The van der Waals surface area contributed by atoms with Crippen molar-refractivity contribution < 1.29 is 0 Å². The number of hydrogen-bond donors (Lipinski definition) is 2. The normalized spacial score (nSPS) is 14.9. The first-order valence-corrected chi connectivity index (χ1v) is 11.9. The molecule has 1 aliphatic rings. The van der Waals surface area contributed by atoms with Crippen LogP contribution in [0.15, 0.2) is 35.5 Å². The fourth-order valence-corrected chi connectivity index (χ4v) is 4.53. The molecular weight excluding hydrogens is 519 g/mol. The minimum Gasteiger partial charge on any atom is -0.369 e. The Morgan fingerprint density at radius 3 is 2.55 bits per heavy atom. The van der Waals surface area contributed by atoms with E-state index in [0.29, 0.717) is 0 Å². The van der Waals surface area contributed by atoms with Gasteiger partial charge in [-0.2, -0.15) is 0 Å². The van der Waals surface area contributed by atoms with Crippen LogP contribution in [-0.4, -0.2) is 68.7 Å². The van der Waals surface area contributed by atoms with Crippen molar-refractivity contribution >= 4 is 47.0 Å². The SMILES string of the molecule is CN=C(NCCCCN1CCN(c2cccc(C)c2)CC1)NCCc1ncc(C)s1.I. The van der Waals surface area contributed by atoms with Crippen LogP contribution >= 0.6 is 35.3 Å². The molecule has 0 radical (unpaired) electrons. The Balaban J connectivity index is 0.00000341. The van der Waals surface area contributed by atoms with Crippen LogP contribution in [-0.2, 0) is 6.42 Å². The van der Waals surface area contributed by atoms with Gasteiger partial charge in [0.15, 0.2) is 5.96 Å². The zero-order valence-corrected chi connectivity index (χ0v) is 22.2. The number of halogens is 1. The molecule has 3 rings (SSSR count). The Morgan fingerprint density at radius 1 is 1.10 bits per heavy atom. The summed E-state index contributed by atoms with van der Waals surface area (Å²) in [5.41, 5.74) is 2.70. The van der Waals surface area contributed by atoms with Crippen molar-refractivity contribution in [2.24, 2.45) is 4.99 Å². The molecule has 0 saturated carbocycles. The topological polar surface area (TPSA) is 55.8 Å². The highest BCUT2D eigenvalue weighted by Gasteiger charge is 2.16. The molecule has 2 aromatic rings. The molecule has 1 aliphatic heterocycles. The van der Waals surface area contributed by atoms with Crippen molar-refractivity contribution in [1.82, 2.24) is 20.5 Å². The Morgan fingerprint density at radius 2 is 1.87 bits per heavy atom. The van der Waals surface area contributed by atoms with Crippen LogP contribution in [0.2, 0.25) is 0 Å².